The number of carbonyl (C=O) groups excluding carboxylic acids is 1. The number of hydrogen-bond acceptors (Lipinski definition) is 4. The van der Waals surface area contributed by atoms with Crippen LogP contribution in [0.25, 0.3) is 0 Å². The summed E-state index contributed by atoms with van der Waals surface area (Å²) in [7, 11) is 0. The molecule has 0 unspecified atom stereocenters. The van der Waals surface area contributed by atoms with Gasteiger partial charge in [-0.25, -0.2) is 4.79 Å². The molecule has 1 N–H and O–H groups in total. The van der Waals surface area contributed by atoms with Crippen LogP contribution in [0.15, 0.2) is 29.2 Å². The van der Waals surface area contributed by atoms with Gasteiger partial charge in [0, 0.05) is 17.2 Å². The third-order valence-electron chi connectivity index (χ3n) is 2.48. The normalized spacial score (nSPS) is 14.1. The molecule has 96 valence electrons. The molecule has 0 aliphatic carbocycles. The second-order valence-corrected chi connectivity index (χ2v) is 4.88. The van der Waals surface area contributed by atoms with E-state index in [-0.39, 0.29) is 12.5 Å². The number of carboxylic acids is 1. The highest BCUT2D eigenvalue weighted by Gasteiger charge is 2.22. The molecule has 1 aromatic rings. The van der Waals surface area contributed by atoms with Gasteiger partial charge in [0.05, 0.1) is 5.69 Å². The maximum absolute atomic E-state index is 11.9. The largest absolute Gasteiger partial charge is 0.480 e. The molecule has 0 saturated heterocycles. The van der Waals surface area contributed by atoms with Gasteiger partial charge in [0.15, 0.2) is 0 Å². The fourth-order valence-electron chi connectivity index (χ4n) is 1.73. The highest BCUT2D eigenvalue weighted by molar-refractivity contribution is 7.99. The zero-order valence-corrected chi connectivity index (χ0v) is 10.5. The molecule has 6 heteroatoms. The van der Waals surface area contributed by atoms with E-state index in [4.69, 9.17) is 9.84 Å². The number of carboxylic acid groups (broad SMARTS) is 1. The third-order valence-corrected chi connectivity index (χ3v) is 3.52. The maximum Gasteiger partial charge on any atom is 0.329 e. The van der Waals surface area contributed by atoms with Crippen LogP contribution in [0.1, 0.15) is 0 Å². The summed E-state index contributed by atoms with van der Waals surface area (Å²) >= 11 is 1.71. The van der Waals surface area contributed by atoms with Crippen molar-refractivity contribution < 1.29 is 19.4 Å². The number of rotatable bonds is 4. The number of benzene rings is 1. The van der Waals surface area contributed by atoms with Gasteiger partial charge in [0.25, 0.3) is 5.91 Å². The quantitative estimate of drug-likeness (QED) is 0.888. The molecule has 1 amide bonds. The number of anilines is 1. The fourth-order valence-corrected chi connectivity index (χ4v) is 2.73. The maximum atomic E-state index is 11.9. The summed E-state index contributed by atoms with van der Waals surface area (Å²) in [6.45, 7) is -0.0295. The van der Waals surface area contributed by atoms with Crippen molar-refractivity contribution in [2.75, 3.05) is 30.4 Å². The minimum absolute atomic E-state index is 0.203. The standard InChI is InChI=1S/C12H13NO4S/c14-11(7-17-8-12(15)16)13-5-6-18-10-4-2-1-3-9(10)13/h1-4H,5-8H2,(H,15,16). The Labute approximate surface area is 109 Å². The van der Waals surface area contributed by atoms with E-state index in [2.05, 4.69) is 0 Å². The van der Waals surface area contributed by atoms with Gasteiger partial charge in [0.2, 0.25) is 0 Å². The van der Waals surface area contributed by atoms with E-state index in [0.29, 0.717) is 6.54 Å². The number of amides is 1. The number of nitrogens with zero attached hydrogens (tertiary/aromatic N) is 1. The van der Waals surface area contributed by atoms with Crippen molar-refractivity contribution in [3.05, 3.63) is 24.3 Å². The van der Waals surface area contributed by atoms with Crippen molar-refractivity contribution in [1.29, 1.82) is 0 Å². The number of ether oxygens (including phenoxy) is 1. The van der Waals surface area contributed by atoms with Gasteiger partial charge in [-0.15, -0.1) is 11.8 Å². The van der Waals surface area contributed by atoms with Crippen molar-refractivity contribution >= 4 is 29.3 Å². The highest BCUT2D eigenvalue weighted by atomic mass is 32.2. The summed E-state index contributed by atoms with van der Waals surface area (Å²) in [5, 5.41) is 8.44. The Morgan fingerprint density at radius 1 is 1.33 bits per heavy atom. The SMILES string of the molecule is O=C(O)COCC(=O)N1CCSc2ccccc21. The summed E-state index contributed by atoms with van der Waals surface area (Å²) in [5.41, 5.74) is 0.873. The molecule has 0 atom stereocenters. The first-order valence-corrected chi connectivity index (χ1v) is 6.49. The number of thioether (sulfide) groups is 1. The summed E-state index contributed by atoms with van der Waals surface area (Å²) in [5.74, 6) is -0.441. The first-order chi connectivity index (χ1) is 8.68. The van der Waals surface area contributed by atoms with Crippen LogP contribution in [0.3, 0.4) is 0 Å². The first-order valence-electron chi connectivity index (χ1n) is 5.50. The van der Waals surface area contributed by atoms with Gasteiger partial charge in [-0.3, -0.25) is 4.79 Å². The monoisotopic (exact) mass is 267 g/mol. The van der Waals surface area contributed by atoms with Gasteiger partial charge in [-0.05, 0) is 12.1 Å². The summed E-state index contributed by atoms with van der Waals surface area (Å²) in [4.78, 5) is 25.0. The molecule has 1 aliphatic heterocycles. The number of carbonyl (C=O) groups is 2. The molecule has 0 radical (unpaired) electrons. The minimum atomic E-state index is -1.07. The van der Waals surface area contributed by atoms with Crippen LogP contribution in [-0.2, 0) is 14.3 Å². The first kappa shape index (κ1) is 12.9. The van der Waals surface area contributed by atoms with Crippen molar-refractivity contribution in [3.8, 4) is 0 Å². The van der Waals surface area contributed by atoms with E-state index in [9.17, 15) is 9.59 Å². The van der Waals surface area contributed by atoms with E-state index in [1.807, 2.05) is 24.3 Å². The zero-order chi connectivity index (χ0) is 13.0. The Balaban J connectivity index is 2.01. The minimum Gasteiger partial charge on any atom is -0.480 e. The average Bonchev–Trinajstić information content (AvgIpc) is 2.37. The highest BCUT2D eigenvalue weighted by Crippen LogP contribution is 2.34. The van der Waals surface area contributed by atoms with Gasteiger partial charge in [-0.1, -0.05) is 12.1 Å². The van der Waals surface area contributed by atoms with E-state index >= 15 is 0 Å². The van der Waals surface area contributed by atoms with Crippen LogP contribution in [0.2, 0.25) is 0 Å². The van der Waals surface area contributed by atoms with Crippen LogP contribution >= 0.6 is 11.8 Å². The van der Waals surface area contributed by atoms with Gasteiger partial charge in [-0.2, -0.15) is 0 Å². The molecule has 18 heavy (non-hydrogen) atoms. The molecule has 0 aromatic heterocycles. The van der Waals surface area contributed by atoms with Crippen LogP contribution in [0.4, 0.5) is 5.69 Å². The summed E-state index contributed by atoms with van der Waals surface area (Å²) in [6.07, 6.45) is 0. The molecule has 1 aliphatic rings. The predicted octanol–water partition coefficient (Wildman–Crippen LogP) is 1.23. The second-order valence-electron chi connectivity index (χ2n) is 3.75. The lowest BCUT2D eigenvalue weighted by molar-refractivity contribution is -0.143. The van der Waals surface area contributed by atoms with Crippen molar-refractivity contribution in [3.63, 3.8) is 0 Å². The number of para-hydroxylation sites is 1. The topological polar surface area (TPSA) is 66.8 Å². The van der Waals surface area contributed by atoms with E-state index in [1.165, 1.54) is 0 Å². The van der Waals surface area contributed by atoms with Crippen LogP contribution in [0, 0.1) is 0 Å². The van der Waals surface area contributed by atoms with Crippen LogP contribution in [-0.4, -0.2) is 42.5 Å². The molecule has 5 nitrogen and oxygen atoms in total. The Hall–Kier alpha value is -1.53. The summed E-state index contributed by atoms with van der Waals surface area (Å²) < 4.78 is 4.83. The Morgan fingerprint density at radius 2 is 2.11 bits per heavy atom. The lowest BCUT2D eigenvalue weighted by Gasteiger charge is -2.28. The Kier molecular flexibility index (Phi) is 4.22. The number of hydrogen-bond donors (Lipinski definition) is 1. The van der Waals surface area contributed by atoms with Gasteiger partial charge in [0.1, 0.15) is 13.2 Å². The molecule has 1 aromatic carbocycles. The molecular weight excluding hydrogens is 254 g/mol. The van der Waals surface area contributed by atoms with E-state index < -0.39 is 12.6 Å². The summed E-state index contributed by atoms with van der Waals surface area (Å²) in [6, 6.07) is 7.66. The van der Waals surface area contributed by atoms with Crippen molar-refractivity contribution in [1.82, 2.24) is 0 Å². The van der Waals surface area contributed by atoms with Gasteiger partial charge >= 0.3 is 5.97 Å². The zero-order valence-electron chi connectivity index (χ0n) is 9.67. The fraction of sp³-hybridized carbons (Fsp3) is 0.333. The second kappa shape index (κ2) is 5.88. The van der Waals surface area contributed by atoms with Crippen molar-refractivity contribution in [2.45, 2.75) is 4.90 Å². The lowest BCUT2D eigenvalue weighted by Crippen LogP contribution is -2.38. The lowest BCUT2D eigenvalue weighted by atomic mass is 10.2. The third kappa shape index (κ3) is 3.02. The Morgan fingerprint density at radius 3 is 2.89 bits per heavy atom. The van der Waals surface area contributed by atoms with Gasteiger partial charge < -0.3 is 14.7 Å². The Bertz CT molecular complexity index is 463. The van der Waals surface area contributed by atoms with Crippen LogP contribution < -0.4 is 4.90 Å². The molecule has 2 rings (SSSR count). The van der Waals surface area contributed by atoms with Crippen LogP contribution in [0.5, 0.6) is 0 Å². The smallest absolute Gasteiger partial charge is 0.329 e. The van der Waals surface area contributed by atoms with Crippen molar-refractivity contribution in [2.24, 2.45) is 0 Å². The molecular formula is C12H13NO4S. The molecule has 1 heterocycles. The molecule has 0 spiro atoms. The molecule has 0 bridgehead atoms. The number of aliphatic carboxylic acids is 1. The molecule has 0 saturated carbocycles. The molecule has 0 fully saturated rings. The average molecular weight is 267 g/mol. The van der Waals surface area contributed by atoms with E-state index in [1.54, 1.807) is 16.7 Å². The van der Waals surface area contributed by atoms with E-state index in [0.717, 1.165) is 16.3 Å². The predicted molar refractivity (Wildman–Crippen MR) is 68.0 cm³/mol. The number of fused-ring (bicyclic) bond motifs is 1.